The van der Waals surface area contributed by atoms with Crippen LogP contribution in [0.5, 0.6) is 11.8 Å². The molecular formula is C28H26Cl2F6N6O6. The molecule has 4 aromatic rings. The van der Waals surface area contributed by atoms with E-state index in [4.69, 9.17) is 42.5 Å². The van der Waals surface area contributed by atoms with Crippen LogP contribution in [0, 0.1) is 0 Å². The van der Waals surface area contributed by atoms with Crippen LogP contribution in [0.25, 0.3) is 11.6 Å². The maximum atomic E-state index is 12.1. The van der Waals surface area contributed by atoms with Crippen molar-refractivity contribution in [3.63, 3.8) is 0 Å². The second kappa shape index (κ2) is 15.5. The van der Waals surface area contributed by atoms with Crippen molar-refractivity contribution in [2.24, 2.45) is 0 Å². The zero-order valence-corrected chi connectivity index (χ0v) is 26.7. The number of esters is 1. The van der Waals surface area contributed by atoms with Crippen molar-refractivity contribution in [2.45, 2.75) is 51.6 Å². The number of rotatable bonds is 10. The largest absolute Gasteiger partial charge is 0.478 e. The number of nitrogens with zero attached hydrogens (tertiary/aromatic N) is 6. The molecule has 260 valence electrons. The molecule has 0 saturated carbocycles. The van der Waals surface area contributed by atoms with E-state index >= 15 is 0 Å². The zero-order chi connectivity index (χ0) is 35.9. The Morgan fingerprint density at radius 1 is 0.729 bits per heavy atom. The molecule has 0 unspecified atom stereocenters. The fourth-order valence-electron chi connectivity index (χ4n) is 3.32. The minimum absolute atomic E-state index is 0.00974. The number of carboxylic acid groups (broad SMARTS) is 1. The Hall–Kier alpha value is -4.58. The summed E-state index contributed by atoms with van der Waals surface area (Å²) in [7, 11) is 0. The van der Waals surface area contributed by atoms with Crippen molar-refractivity contribution in [1.29, 1.82) is 0 Å². The molecule has 0 bridgehead atoms. The third-order valence-corrected chi connectivity index (χ3v) is 5.96. The van der Waals surface area contributed by atoms with Gasteiger partial charge in [0.2, 0.25) is 11.8 Å². The molecule has 0 aliphatic heterocycles. The van der Waals surface area contributed by atoms with E-state index in [1.165, 1.54) is 58.2 Å². The first-order valence-electron chi connectivity index (χ1n) is 13.5. The van der Waals surface area contributed by atoms with Crippen molar-refractivity contribution >= 4 is 35.1 Å². The Morgan fingerprint density at radius 2 is 1.15 bits per heavy atom. The monoisotopic (exact) mass is 726 g/mol. The maximum Gasteiger partial charge on any atom is 0.392 e. The Bertz CT molecular complexity index is 1720. The number of carbonyl (C=O) groups excluding carboxylic acids is 1. The molecule has 4 heterocycles. The lowest BCUT2D eigenvalue weighted by Crippen LogP contribution is -2.24. The second-order valence-electron chi connectivity index (χ2n) is 10.4. The summed E-state index contributed by atoms with van der Waals surface area (Å²) in [5.74, 6) is -1.35. The van der Waals surface area contributed by atoms with Crippen LogP contribution < -0.4 is 9.47 Å². The van der Waals surface area contributed by atoms with E-state index in [0.29, 0.717) is 0 Å². The molecule has 0 aliphatic carbocycles. The lowest BCUT2D eigenvalue weighted by Gasteiger charge is -2.19. The van der Waals surface area contributed by atoms with Gasteiger partial charge < -0.3 is 19.3 Å². The van der Waals surface area contributed by atoms with Crippen molar-refractivity contribution < 1.29 is 55.2 Å². The molecule has 12 nitrogen and oxygen atoms in total. The predicted molar refractivity (Wildman–Crippen MR) is 157 cm³/mol. The van der Waals surface area contributed by atoms with Gasteiger partial charge >= 0.3 is 24.3 Å². The van der Waals surface area contributed by atoms with Crippen LogP contribution in [0.15, 0.2) is 48.8 Å². The van der Waals surface area contributed by atoms with Gasteiger partial charge in [-0.15, -0.1) is 10.2 Å². The van der Waals surface area contributed by atoms with Gasteiger partial charge in [0.1, 0.15) is 15.9 Å². The molecule has 0 radical (unpaired) electrons. The van der Waals surface area contributed by atoms with Crippen LogP contribution >= 0.6 is 23.2 Å². The highest BCUT2D eigenvalue weighted by molar-refractivity contribution is 6.32. The van der Waals surface area contributed by atoms with E-state index in [9.17, 15) is 35.9 Å². The number of pyridine rings is 2. The molecule has 0 amide bonds. The van der Waals surface area contributed by atoms with Crippen LogP contribution in [-0.4, -0.2) is 77.7 Å². The average molecular weight is 727 g/mol. The van der Waals surface area contributed by atoms with Crippen LogP contribution in [-0.2, 0) is 4.74 Å². The first-order chi connectivity index (χ1) is 22.2. The molecule has 0 spiro atoms. The fraction of sp³-hybridized carbons (Fsp3) is 0.357. The van der Waals surface area contributed by atoms with Gasteiger partial charge in [0.15, 0.2) is 11.6 Å². The third-order valence-electron chi connectivity index (χ3n) is 5.39. The summed E-state index contributed by atoms with van der Waals surface area (Å²) in [5.41, 5.74) is -0.748. The van der Waals surface area contributed by atoms with Crippen molar-refractivity contribution in [1.82, 2.24) is 29.5 Å². The summed E-state index contributed by atoms with van der Waals surface area (Å²) >= 11 is 11.8. The number of carbonyl (C=O) groups is 2. The topological polar surface area (TPSA) is 143 Å². The van der Waals surface area contributed by atoms with Gasteiger partial charge in [-0.1, -0.05) is 23.2 Å². The molecule has 0 saturated heterocycles. The summed E-state index contributed by atoms with van der Waals surface area (Å²) in [6, 6.07) is 8.29. The number of hydrogen-bond acceptors (Lipinski definition) is 9. The van der Waals surface area contributed by atoms with E-state index < -0.39 is 55.9 Å². The molecule has 1 N–H and O–H groups in total. The molecule has 0 atom stereocenters. The molecule has 4 rings (SSSR count). The Balaban J connectivity index is 0.000000264. The van der Waals surface area contributed by atoms with Crippen molar-refractivity contribution in [2.75, 3.05) is 13.2 Å². The number of halogens is 8. The van der Waals surface area contributed by atoms with Gasteiger partial charge in [-0.3, -0.25) is 0 Å². The lowest BCUT2D eigenvalue weighted by atomic mass is 10.2. The molecule has 48 heavy (non-hydrogen) atoms. The highest BCUT2D eigenvalue weighted by atomic mass is 35.5. The SMILES string of the molecule is CC(C)(C)OC(=O)c1ccc(-n2ccc(OCCC(F)(F)F)n2)nc1Cl.O=C(O)c1ccc(-n2ccc(OCCC(F)(F)F)n2)nc1Cl. The van der Waals surface area contributed by atoms with Gasteiger partial charge in [-0.05, 0) is 45.0 Å². The van der Waals surface area contributed by atoms with E-state index in [2.05, 4.69) is 20.2 Å². The minimum atomic E-state index is -4.30. The molecule has 20 heteroatoms. The van der Waals surface area contributed by atoms with E-state index in [-0.39, 0.29) is 44.8 Å². The first kappa shape index (κ1) is 37.9. The number of hydrogen-bond donors (Lipinski definition) is 1. The maximum absolute atomic E-state index is 12.1. The Kier molecular flexibility index (Phi) is 12.3. The average Bonchev–Trinajstić information content (AvgIpc) is 3.61. The Labute approximate surface area is 278 Å². The van der Waals surface area contributed by atoms with Gasteiger partial charge in [0.25, 0.3) is 0 Å². The van der Waals surface area contributed by atoms with Gasteiger partial charge in [0.05, 0.1) is 37.2 Å². The summed E-state index contributed by atoms with van der Waals surface area (Å²) in [4.78, 5) is 30.8. The molecule has 0 aliphatic rings. The summed E-state index contributed by atoms with van der Waals surface area (Å²) < 4.78 is 89.8. The summed E-state index contributed by atoms with van der Waals surface area (Å²) in [5, 5.41) is 16.4. The van der Waals surface area contributed by atoms with Gasteiger partial charge in [-0.2, -0.15) is 26.3 Å². The van der Waals surface area contributed by atoms with E-state index in [1.54, 1.807) is 20.8 Å². The fourth-order valence-corrected chi connectivity index (χ4v) is 3.77. The molecular weight excluding hydrogens is 701 g/mol. The first-order valence-corrected chi connectivity index (χ1v) is 14.3. The van der Waals surface area contributed by atoms with Crippen LogP contribution in [0.4, 0.5) is 26.3 Å². The quantitative estimate of drug-likeness (QED) is 0.102. The van der Waals surface area contributed by atoms with Crippen molar-refractivity contribution in [3.05, 3.63) is 70.2 Å². The van der Waals surface area contributed by atoms with Gasteiger partial charge in [-0.25, -0.2) is 28.9 Å². The highest BCUT2D eigenvalue weighted by Gasteiger charge is 2.28. The van der Waals surface area contributed by atoms with E-state index in [0.717, 1.165) is 0 Å². The van der Waals surface area contributed by atoms with Crippen LogP contribution in [0.2, 0.25) is 10.3 Å². The smallest absolute Gasteiger partial charge is 0.392 e. The number of carboxylic acids is 1. The predicted octanol–water partition coefficient (Wildman–Crippen LogP) is 7.16. The summed E-state index contributed by atoms with van der Waals surface area (Å²) in [6.45, 7) is 4.10. The normalized spacial score (nSPS) is 11.8. The lowest BCUT2D eigenvalue weighted by molar-refractivity contribution is -0.140. The molecule has 0 fully saturated rings. The molecule has 4 aromatic heterocycles. The molecule has 0 aromatic carbocycles. The minimum Gasteiger partial charge on any atom is -0.478 e. The Morgan fingerprint density at radius 3 is 1.50 bits per heavy atom. The number of ether oxygens (including phenoxy) is 3. The van der Waals surface area contributed by atoms with Crippen LogP contribution in [0.3, 0.4) is 0 Å². The van der Waals surface area contributed by atoms with Crippen molar-refractivity contribution in [3.8, 4) is 23.4 Å². The number of aromatic nitrogens is 6. The summed E-state index contributed by atoms with van der Waals surface area (Å²) in [6.07, 6.45) is -7.90. The second-order valence-corrected chi connectivity index (χ2v) is 11.2. The third kappa shape index (κ3) is 12.2. The highest BCUT2D eigenvalue weighted by Crippen LogP contribution is 2.23. The number of aromatic carboxylic acids is 1. The number of alkyl halides is 6. The van der Waals surface area contributed by atoms with Gasteiger partial charge in [0, 0.05) is 24.5 Å². The zero-order valence-electron chi connectivity index (χ0n) is 25.1. The standard InChI is InChI=1S/C16H17ClF3N3O3.C12H9ClF3N3O3/c1-15(2,3)26-14(24)10-4-5-11(21-13(10)17)23-8-6-12(22-23)25-9-7-16(18,19)20;13-10-7(11(20)21)1-2-8(17-10)19-5-3-9(18-19)22-6-4-12(14,15)16/h4-6,8H,7,9H2,1-3H3;1-3,5H,4,6H2,(H,20,21). The van der Waals surface area contributed by atoms with E-state index in [1.807, 2.05) is 0 Å². The van der Waals surface area contributed by atoms with Crippen LogP contribution in [0.1, 0.15) is 54.3 Å².